The minimum absolute atomic E-state index is 0.111. The molecule has 3 rings (SSSR count). The van der Waals surface area contributed by atoms with Crippen LogP contribution in [0.2, 0.25) is 5.02 Å². The molecule has 0 aliphatic carbocycles. The summed E-state index contributed by atoms with van der Waals surface area (Å²) in [5.74, 6) is -1.74. The van der Waals surface area contributed by atoms with Gasteiger partial charge in [0.15, 0.2) is 5.13 Å². The molecule has 2 amide bonds. The summed E-state index contributed by atoms with van der Waals surface area (Å²) in [6.07, 6.45) is 0. The highest BCUT2D eigenvalue weighted by atomic mass is 35.5. The first-order valence-electron chi connectivity index (χ1n) is 8.00. The summed E-state index contributed by atoms with van der Waals surface area (Å²) >= 11 is 7.22. The maximum absolute atomic E-state index is 13.6. The van der Waals surface area contributed by atoms with Gasteiger partial charge in [0, 0.05) is 15.5 Å². The summed E-state index contributed by atoms with van der Waals surface area (Å²) in [5.41, 5.74) is 1.53. The summed E-state index contributed by atoms with van der Waals surface area (Å²) in [4.78, 5) is 29.4. The van der Waals surface area contributed by atoms with Crippen molar-refractivity contribution in [2.24, 2.45) is 0 Å². The fraction of sp³-hybridized carbons (Fsp3) is 0.105. The lowest BCUT2D eigenvalue weighted by Crippen LogP contribution is -2.33. The van der Waals surface area contributed by atoms with Gasteiger partial charge in [0.2, 0.25) is 5.91 Å². The lowest BCUT2D eigenvalue weighted by atomic mass is 10.1. The second-order valence-corrected chi connectivity index (χ2v) is 7.28. The van der Waals surface area contributed by atoms with E-state index in [1.807, 2.05) is 19.1 Å². The van der Waals surface area contributed by atoms with Crippen LogP contribution in [-0.4, -0.2) is 23.3 Å². The number of nitrogens with zero attached hydrogens (tertiary/aromatic N) is 1. The van der Waals surface area contributed by atoms with Crippen LogP contribution in [0.5, 0.6) is 0 Å². The van der Waals surface area contributed by atoms with E-state index in [4.69, 9.17) is 11.6 Å². The highest BCUT2D eigenvalue weighted by Gasteiger charge is 2.14. The molecule has 2 N–H and O–H groups in total. The number of hydrogen-bond donors (Lipinski definition) is 2. The number of benzene rings is 2. The fourth-order valence-corrected chi connectivity index (χ4v) is 3.37. The summed E-state index contributed by atoms with van der Waals surface area (Å²) in [7, 11) is 0. The Kier molecular flexibility index (Phi) is 5.83. The molecule has 0 aliphatic rings. The van der Waals surface area contributed by atoms with Crippen molar-refractivity contribution in [3.8, 4) is 11.3 Å². The Morgan fingerprint density at radius 1 is 1.15 bits per heavy atom. The molecular formula is C19H15ClFN3O2S. The smallest absolute Gasteiger partial charge is 0.254 e. The van der Waals surface area contributed by atoms with Crippen molar-refractivity contribution in [2.75, 3.05) is 11.9 Å². The predicted octanol–water partition coefficient (Wildman–Crippen LogP) is 4.28. The molecule has 138 valence electrons. The van der Waals surface area contributed by atoms with E-state index in [0.717, 1.165) is 16.1 Å². The quantitative estimate of drug-likeness (QED) is 0.668. The molecule has 0 saturated heterocycles. The molecule has 8 heteroatoms. The van der Waals surface area contributed by atoms with Crippen LogP contribution in [-0.2, 0) is 4.79 Å². The van der Waals surface area contributed by atoms with Crippen LogP contribution in [0.3, 0.4) is 0 Å². The number of halogens is 2. The molecule has 0 aliphatic heterocycles. The average molecular weight is 404 g/mol. The molecule has 0 bridgehead atoms. The molecule has 0 spiro atoms. The Labute approximate surface area is 164 Å². The fourth-order valence-electron chi connectivity index (χ4n) is 2.39. The number of rotatable bonds is 5. The second-order valence-electron chi connectivity index (χ2n) is 5.64. The van der Waals surface area contributed by atoms with Crippen molar-refractivity contribution >= 4 is 39.9 Å². The minimum Gasteiger partial charge on any atom is -0.343 e. The molecule has 27 heavy (non-hydrogen) atoms. The van der Waals surface area contributed by atoms with Crippen molar-refractivity contribution in [3.05, 3.63) is 69.8 Å². The van der Waals surface area contributed by atoms with E-state index in [1.165, 1.54) is 29.5 Å². The van der Waals surface area contributed by atoms with Crippen molar-refractivity contribution in [1.82, 2.24) is 10.3 Å². The van der Waals surface area contributed by atoms with Crippen molar-refractivity contribution < 1.29 is 14.0 Å². The molecule has 5 nitrogen and oxygen atoms in total. The number of hydrogen-bond acceptors (Lipinski definition) is 4. The van der Waals surface area contributed by atoms with Crippen LogP contribution >= 0.6 is 22.9 Å². The van der Waals surface area contributed by atoms with Crippen LogP contribution in [0.25, 0.3) is 11.3 Å². The summed E-state index contributed by atoms with van der Waals surface area (Å²) < 4.78 is 13.6. The van der Waals surface area contributed by atoms with Gasteiger partial charge in [-0.05, 0) is 31.2 Å². The molecule has 1 heterocycles. The lowest BCUT2D eigenvalue weighted by molar-refractivity contribution is -0.115. The Hall–Kier alpha value is -2.77. The number of carbonyl (C=O) groups excluding carboxylic acids is 2. The molecule has 0 atom stereocenters. The highest BCUT2D eigenvalue weighted by molar-refractivity contribution is 7.16. The normalized spacial score (nSPS) is 10.5. The Morgan fingerprint density at radius 3 is 2.56 bits per heavy atom. The largest absolute Gasteiger partial charge is 0.343 e. The highest BCUT2D eigenvalue weighted by Crippen LogP contribution is 2.30. The van der Waals surface area contributed by atoms with Crippen LogP contribution in [0, 0.1) is 12.7 Å². The van der Waals surface area contributed by atoms with E-state index in [-0.39, 0.29) is 12.1 Å². The van der Waals surface area contributed by atoms with E-state index < -0.39 is 17.6 Å². The summed E-state index contributed by atoms with van der Waals surface area (Å²) in [5, 5.41) is 6.08. The van der Waals surface area contributed by atoms with Gasteiger partial charge in [0.1, 0.15) is 5.82 Å². The zero-order valence-corrected chi connectivity index (χ0v) is 15.8. The minimum atomic E-state index is -0.652. The van der Waals surface area contributed by atoms with Crippen LogP contribution < -0.4 is 10.6 Å². The SMILES string of the molecule is Cc1sc(NC(=O)CNC(=O)c2ccccc2F)nc1-c1ccc(Cl)cc1. The molecule has 1 aromatic heterocycles. The Bertz CT molecular complexity index is 989. The first-order valence-corrected chi connectivity index (χ1v) is 9.19. The maximum Gasteiger partial charge on any atom is 0.254 e. The third kappa shape index (κ3) is 4.69. The number of carbonyl (C=O) groups is 2. The van der Waals surface area contributed by atoms with Gasteiger partial charge >= 0.3 is 0 Å². The van der Waals surface area contributed by atoms with Crippen LogP contribution in [0.4, 0.5) is 9.52 Å². The van der Waals surface area contributed by atoms with Gasteiger partial charge in [0.05, 0.1) is 17.8 Å². The third-order valence-corrected chi connectivity index (χ3v) is 4.83. The number of anilines is 1. The number of aromatic nitrogens is 1. The number of thiazole rings is 1. The Morgan fingerprint density at radius 2 is 1.85 bits per heavy atom. The molecule has 3 aromatic rings. The van der Waals surface area contributed by atoms with Crippen LogP contribution in [0.1, 0.15) is 15.2 Å². The van der Waals surface area contributed by atoms with Gasteiger partial charge in [0.25, 0.3) is 5.91 Å². The second kappa shape index (κ2) is 8.28. The van der Waals surface area contributed by atoms with Gasteiger partial charge in [-0.3, -0.25) is 9.59 Å². The van der Waals surface area contributed by atoms with E-state index >= 15 is 0 Å². The topological polar surface area (TPSA) is 71.1 Å². The molecule has 0 saturated carbocycles. The molecule has 0 unspecified atom stereocenters. The van der Waals surface area contributed by atoms with Crippen molar-refractivity contribution in [2.45, 2.75) is 6.92 Å². The zero-order chi connectivity index (χ0) is 19.4. The first-order chi connectivity index (χ1) is 12.9. The third-order valence-electron chi connectivity index (χ3n) is 3.69. The number of nitrogens with one attached hydrogen (secondary N) is 2. The van der Waals surface area contributed by atoms with E-state index in [0.29, 0.717) is 10.2 Å². The standard InChI is InChI=1S/C19H15ClFN3O2S/c1-11-17(12-6-8-13(20)9-7-12)24-19(27-11)23-16(25)10-22-18(26)14-4-2-3-5-15(14)21/h2-9H,10H2,1H3,(H,22,26)(H,23,24,25). The maximum atomic E-state index is 13.6. The molecule has 0 radical (unpaired) electrons. The average Bonchev–Trinajstić information content (AvgIpc) is 3.01. The van der Waals surface area contributed by atoms with Gasteiger partial charge in [-0.15, -0.1) is 11.3 Å². The van der Waals surface area contributed by atoms with E-state index in [2.05, 4.69) is 15.6 Å². The lowest BCUT2D eigenvalue weighted by Gasteiger charge is -2.05. The summed E-state index contributed by atoms with van der Waals surface area (Å²) in [6.45, 7) is 1.61. The molecular weight excluding hydrogens is 389 g/mol. The van der Waals surface area contributed by atoms with E-state index in [9.17, 15) is 14.0 Å². The van der Waals surface area contributed by atoms with Crippen molar-refractivity contribution in [1.29, 1.82) is 0 Å². The van der Waals surface area contributed by atoms with Gasteiger partial charge in [-0.25, -0.2) is 9.37 Å². The number of amides is 2. The summed E-state index contributed by atoms with van der Waals surface area (Å²) in [6, 6.07) is 12.8. The van der Waals surface area contributed by atoms with Crippen LogP contribution in [0.15, 0.2) is 48.5 Å². The molecule has 0 fully saturated rings. The monoisotopic (exact) mass is 403 g/mol. The van der Waals surface area contributed by atoms with E-state index in [1.54, 1.807) is 18.2 Å². The van der Waals surface area contributed by atoms with Gasteiger partial charge in [-0.1, -0.05) is 35.9 Å². The first kappa shape index (κ1) is 19.0. The van der Waals surface area contributed by atoms with Gasteiger partial charge in [-0.2, -0.15) is 0 Å². The molecule has 2 aromatic carbocycles. The Balaban J connectivity index is 1.61. The van der Waals surface area contributed by atoms with Gasteiger partial charge < -0.3 is 10.6 Å². The zero-order valence-electron chi connectivity index (χ0n) is 14.3. The number of aryl methyl sites for hydroxylation is 1. The predicted molar refractivity (Wildman–Crippen MR) is 105 cm³/mol. The van der Waals surface area contributed by atoms with Crippen molar-refractivity contribution in [3.63, 3.8) is 0 Å².